The molecule has 0 saturated carbocycles. The maximum Gasteiger partial charge on any atom is 0.241 e. The van der Waals surface area contributed by atoms with E-state index in [2.05, 4.69) is 15.1 Å². The van der Waals surface area contributed by atoms with Crippen molar-refractivity contribution in [2.45, 2.75) is 26.4 Å². The maximum atomic E-state index is 12.5. The number of benzene rings is 1. The number of nitrogens with zero attached hydrogens (tertiary/aromatic N) is 2. The summed E-state index contributed by atoms with van der Waals surface area (Å²) in [5, 5.41) is 3.00. The fraction of sp³-hybridized carbons (Fsp3) is 0.421. The highest BCUT2D eigenvalue weighted by molar-refractivity contribution is 5.94. The number of carbonyl (C=O) groups excluding carboxylic acids is 1. The Bertz CT molecular complexity index is 644. The predicted molar refractivity (Wildman–Crippen MR) is 94.8 cm³/mol. The molecule has 0 bridgehead atoms. The molecule has 1 aromatic heterocycles. The summed E-state index contributed by atoms with van der Waals surface area (Å²) in [7, 11) is 0. The molecule has 5 heteroatoms. The van der Waals surface area contributed by atoms with E-state index in [9.17, 15) is 4.79 Å². The molecule has 128 valence electrons. The molecule has 1 saturated heterocycles. The second-order valence-electron chi connectivity index (χ2n) is 6.42. The van der Waals surface area contributed by atoms with Gasteiger partial charge in [-0.15, -0.1) is 0 Å². The van der Waals surface area contributed by atoms with Crippen LogP contribution < -0.4 is 5.32 Å². The van der Waals surface area contributed by atoms with Crippen molar-refractivity contribution in [1.29, 1.82) is 0 Å². The Balaban J connectivity index is 1.48. The first-order chi connectivity index (χ1) is 11.6. The summed E-state index contributed by atoms with van der Waals surface area (Å²) in [4.78, 5) is 17.1. The van der Waals surface area contributed by atoms with Gasteiger partial charge in [0.2, 0.25) is 5.91 Å². The third kappa shape index (κ3) is 4.24. The first kappa shape index (κ1) is 16.7. The van der Waals surface area contributed by atoms with Crippen molar-refractivity contribution in [3.8, 4) is 0 Å². The van der Waals surface area contributed by atoms with Crippen LogP contribution in [0.15, 0.2) is 47.1 Å². The summed E-state index contributed by atoms with van der Waals surface area (Å²) in [5.41, 5.74) is 2.04. The van der Waals surface area contributed by atoms with E-state index >= 15 is 0 Å². The summed E-state index contributed by atoms with van der Waals surface area (Å²) >= 11 is 0. The molecular weight excluding hydrogens is 302 g/mol. The molecule has 1 unspecified atom stereocenters. The van der Waals surface area contributed by atoms with Crippen molar-refractivity contribution >= 4 is 11.6 Å². The third-order valence-corrected chi connectivity index (χ3v) is 4.61. The number of aryl methyl sites for hydroxylation is 1. The Kier molecular flexibility index (Phi) is 5.33. The van der Waals surface area contributed by atoms with E-state index < -0.39 is 0 Å². The molecule has 0 spiro atoms. The van der Waals surface area contributed by atoms with E-state index in [-0.39, 0.29) is 11.9 Å². The number of hydrogen-bond acceptors (Lipinski definition) is 4. The molecule has 0 radical (unpaired) electrons. The van der Waals surface area contributed by atoms with Crippen molar-refractivity contribution in [3.63, 3.8) is 0 Å². The molecule has 2 heterocycles. The summed E-state index contributed by atoms with van der Waals surface area (Å²) in [5.74, 6) is 1.05. The molecule has 1 N–H and O–H groups in total. The van der Waals surface area contributed by atoms with E-state index in [0.717, 1.165) is 44.2 Å². The first-order valence-electron chi connectivity index (χ1n) is 8.48. The standard InChI is InChI=1S/C19H25N3O2/c1-15-5-7-17(8-6-15)20-19(23)16(2)22-11-9-21(10-12-22)14-18-4-3-13-24-18/h3-8,13,16H,9-12,14H2,1-2H3,(H,20,23). The number of amides is 1. The second-order valence-corrected chi connectivity index (χ2v) is 6.42. The van der Waals surface area contributed by atoms with Gasteiger partial charge in [0.05, 0.1) is 18.8 Å². The number of rotatable bonds is 5. The van der Waals surface area contributed by atoms with Gasteiger partial charge < -0.3 is 9.73 Å². The highest BCUT2D eigenvalue weighted by Crippen LogP contribution is 2.13. The highest BCUT2D eigenvalue weighted by atomic mass is 16.3. The van der Waals surface area contributed by atoms with Gasteiger partial charge in [0, 0.05) is 31.9 Å². The van der Waals surface area contributed by atoms with Gasteiger partial charge in [-0.1, -0.05) is 17.7 Å². The highest BCUT2D eigenvalue weighted by Gasteiger charge is 2.25. The Morgan fingerprint density at radius 3 is 2.50 bits per heavy atom. The van der Waals surface area contributed by atoms with E-state index in [0.29, 0.717) is 0 Å². The molecular formula is C19H25N3O2. The summed E-state index contributed by atoms with van der Waals surface area (Å²) in [6, 6.07) is 11.7. The van der Waals surface area contributed by atoms with Crippen LogP contribution in [0.2, 0.25) is 0 Å². The van der Waals surface area contributed by atoms with Crippen molar-refractivity contribution in [2.75, 3.05) is 31.5 Å². The fourth-order valence-corrected chi connectivity index (χ4v) is 2.98. The molecule has 1 amide bonds. The number of anilines is 1. The molecule has 0 aliphatic carbocycles. The van der Waals surface area contributed by atoms with Crippen molar-refractivity contribution in [3.05, 3.63) is 54.0 Å². The minimum atomic E-state index is -0.128. The lowest BCUT2D eigenvalue weighted by atomic mass is 10.2. The van der Waals surface area contributed by atoms with E-state index in [1.807, 2.05) is 50.2 Å². The molecule has 2 aromatic rings. The monoisotopic (exact) mass is 327 g/mol. The molecule has 24 heavy (non-hydrogen) atoms. The number of piperazine rings is 1. The summed E-state index contributed by atoms with van der Waals surface area (Å²) in [6.07, 6.45) is 1.71. The summed E-state index contributed by atoms with van der Waals surface area (Å²) in [6.45, 7) is 8.53. The van der Waals surface area contributed by atoms with Crippen LogP contribution in [0.4, 0.5) is 5.69 Å². The van der Waals surface area contributed by atoms with Crippen LogP contribution in [-0.2, 0) is 11.3 Å². The van der Waals surface area contributed by atoms with E-state index in [1.165, 1.54) is 5.56 Å². The molecule has 3 rings (SSSR count). The molecule has 1 aromatic carbocycles. The molecule has 5 nitrogen and oxygen atoms in total. The van der Waals surface area contributed by atoms with Crippen molar-refractivity contribution in [1.82, 2.24) is 9.80 Å². The normalized spacial score (nSPS) is 17.6. The Hall–Kier alpha value is -2.11. The lowest BCUT2D eigenvalue weighted by Crippen LogP contribution is -2.52. The van der Waals surface area contributed by atoms with Crippen LogP contribution in [0.25, 0.3) is 0 Å². The van der Waals surface area contributed by atoms with Crippen LogP contribution in [0.5, 0.6) is 0 Å². The molecule has 1 fully saturated rings. The van der Waals surface area contributed by atoms with Gasteiger partial charge in [-0.3, -0.25) is 14.6 Å². The van der Waals surface area contributed by atoms with Crippen molar-refractivity contribution < 1.29 is 9.21 Å². The quantitative estimate of drug-likeness (QED) is 0.917. The smallest absolute Gasteiger partial charge is 0.241 e. The Labute approximate surface area is 143 Å². The summed E-state index contributed by atoms with van der Waals surface area (Å²) < 4.78 is 5.40. The second kappa shape index (κ2) is 7.64. The minimum Gasteiger partial charge on any atom is -0.468 e. The number of nitrogens with one attached hydrogen (secondary N) is 1. The zero-order valence-electron chi connectivity index (χ0n) is 14.4. The van der Waals surface area contributed by atoms with Gasteiger partial charge >= 0.3 is 0 Å². The van der Waals surface area contributed by atoms with Gasteiger partial charge in [0.1, 0.15) is 5.76 Å². The average molecular weight is 327 g/mol. The van der Waals surface area contributed by atoms with Crippen molar-refractivity contribution in [2.24, 2.45) is 0 Å². The largest absolute Gasteiger partial charge is 0.468 e. The van der Waals surface area contributed by atoms with Crippen LogP contribution in [0.1, 0.15) is 18.2 Å². The zero-order valence-corrected chi connectivity index (χ0v) is 14.4. The SMILES string of the molecule is Cc1ccc(NC(=O)C(C)N2CCN(Cc3ccco3)CC2)cc1. The number of hydrogen-bond donors (Lipinski definition) is 1. The zero-order chi connectivity index (χ0) is 16.9. The van der Waals surface area contributed by atoms with Gasteiger partial charge in [-0.25, -0.2) is 0 Å². The fourth-order valence-electron chi connectivity index (χ4n) is 2.98. The first-order valence-corrected chi connectivity index (χ1v) is 8.48. The van der Waals surface area contributed by atoms with Crippen LogP contribution in [0, 0.1) is 6.92 Å². The minimum absolute atomic E-state index is 0.0540. The van der Waals surface area contributed by atoms with Gasteiger partial charge in [-0.2, -0.15) is 0 Å². The predicted octanol–water partition coefficient (Wildman–Crippen LogP) is 2.73. The van der Waals surface area contributed by atoms with Crippen LogP contribution in [0.3, 0.4) is 0 Å². The number of furan rings is 1. The topological polar surface area (TPSA) is 48.7 Å². The van der Waals surface area contributed by atoms with E-state index in [1.54, 1.807) is 6.26 Å². The lowest BCUT2D eigenvalue weighted by Gasteiger charge is -2.37. The lowest BCUT2D eigenvalue weighted by molar-refractivity contribution is -0.121. The van der Waals surface area contributed by atoms with Crippen LogP contribution in [-0.4, -0.2) is 47.9 Å². The molecule has 1 atom stereocenters. The van der Waals surface area contributed by atoms with Gasteiger partial charge in [-0.05, 0) is 38.1 Å². The van der Waals surface area contributed by atoms with Gasteiger partial charge in [0.15, 0.2) is 0 Å². The Morgan fingerprint density at radius 1 is 1.17 bits per heavy atom. The van der Waals surface area contributed by atoms with E-state index in [4.69, 9.17) is 4.42 Å². The average Bonchev–Trinajstić information content (AvgIpc) is 3.10. The maximum absolute atomic E-state index is 12.5. The van der Waals surface area contributed by atoms with Gasteiger partial charge in [0.25, 0.3) is 0 Å². The number of carbonyl (C=O) groups is 1. The van der Waals surface area contributed by atoms with Crippen LogP contribution >= 0.6 is 0 Å². The third-order valence-electron chi connectivity index (χ3n) is 4.61. The molecule has 1 aliphatic rings. The molecule has 1 aliphatic heterocycles. The Morgan fingerprint density at radius 2 is 1.88 bits per heavy atom.